The summed E-state index contributed by atoms with van der Waals surface area (Å²) in [4.78, 5) is 14.1. The molecule has 1 aliphatic rings. The highest BCUT2D eigenvalue weighted by atomic mass is 32.2. The van der Waals surface area contributed by atoms with Gasteiger partial charge in [-0.2, -0.15) is 0 Å². The first-order valence-corrected chi connectivity index (χ1v) is 8.97. The Morgan fingerprint density at radius 2 is 2.14 bits per heavy atom. The van der Waals surface area contributed by atoms with Crippen LogP contribution in [0, 0.1) is 0 Å². The number of hydrogen-bond donors (Lipinski definition) is 0. The average Bonchev–Trinajstić information content (AvgIpc) is 2.88. The SMILES string of the molecule is COC[C@@H](C)N(C)C(=O)c1ccc2c(c1)CCN2S(C)(=O)=O. The van der Waals surface area contributed by atoms with E-state index in [1.165, 1.54) is 10.6 Å². The molecule has 0 N–H and O–H groups in total. The third-order valence-electron chi connectivity index (χ3n) is 3.97. The molecule has 1 amide bonds. The predicted octanol–water partition coefficient (Wildman–Crippen LogP) is 1.12. The fraction of sp³-hybridized carbons (Fsp3) is 0.533. The van der Waals surface area contributed by atoms with E-state index in [1.807, 2.05) is 6.92 Å². The monoisotopic (exact) mass is 326 g/mol. The summed E-state index contributed by atoms with van der Waals surface area (Å²) < 4.78 is 29.9. The van der Waals surface area contributed by atoms with Crippen molar-refractivity contribution in [1.29, 1.82) is 0 Å². The topological polar surface area (TPSA) is 66.9 Å². The third kappa shape index (κ3) is 3.25. The smallest absolute Gasteiger partial charge is 0.253 e. The molecule has 1 aromatic carbocycles. The fourth-order valence-corrected chi connectivity index (χ4v) is 3.56. The number of carbonyl (C=O) groups is 1. The quantitative estimate of drug-likeness (QED) is 0.813. The van der Waals surface area contributed by atoms with Crippen LogP contribution in [0.15, 0.2) is 18.2 Å². The third-order valence-corrected chi connectivity index (χ3v) is 5.15. The molecule has 0 saturated heterocycles. The summed E-state index contributed by atoms with van der Waals surface area (Å²) in [5, 5.41) is 0. The van der Waals surface area contributed by atoms with Crippen LogP contribution in [0.5, 0.6) is 0 Å². The first-order valence-electron chi connectivity index (χ1n) is 7.12. The number of nitrogens with zero attached hydrogens (tertiary/aromatic N) is 2. The van der Waals surface area contributed by atoms with E-state index in [-0.39, 0.29) is 11.9 Å². The molecule has 0 unspecified atom stereocenters. The van der Waals surface area contributed by atoms with Crippen LogP contribution >= 0.6 is 0 Å². The Morgan fingerprint density at radius 1 is 1.45 bits per heavy atom. The molecule has 0 saturated carbocycles. The number of likely N-dealkylation sites (N-methyl/N-ethyl adjacent to an activating group) is 1. The Labute approximate surface area is 131 Å². The fourth-order valence-electron chi connectivity index (χ4n) is 2.61. The van der Waals surface area contributed by atoms with Gasteiger partial charge < -0.3 is 9.64 Å². The Morgan fingerprint density at radius 3 is 2.73 bits per heavy atom. The number of anilines is 1. The Bertz CT molecular complexity index is 672. The molecule has 1 aliphatic heterocycles. The zero-order valence-electron chi connectivity index (χ0n) is 13.4. The number of methoxy groups -OCH3 is 1. The second-order valence-electron chi connectivity index (χ2n) is 5.65. The van der Waals surface area contributed by atoms with E-state index in [2.05, 4.69) is 0 Å². The summed E-state index contributed by atoms with van der Waals surface area (Å²) in [5.41, 5.74) is 2.13. The van der Waals surface area contributed by atoms with Crippen molar-refractivity contribution in [2.45, 2.75) is 19.4 Å². The minimum atomic E-state index is -3.26. The number of benzene rings is 1. The maximum absolute atomic E-state index is 12.5. The molecule has 22 heavy (non-hydrogen) atoms. The highest BCUT2D eigenvalue weighted by molar-refractivity contribution is 7.92. The molecular weight excluding hydrogens is 304 g/mol. The van der Waals surface area contributed by atoms with E-state index >= 15 is 0 Å². The summed E-state index contributed by atoms with van der Waals surface area (Å²) >= 11 is 0. The van der Waals surface area contributed by atoms with Crippen molar-refractivity contribution in [1.82, 2.24) is 4.90 Å². The molecule has 0 aromatic heterocycles. The van der Waals surface area contributed by atoms with Crippen molar-refractivity contribution in [2.24, 2.45) is 0 Å². The lowest BCUT2D eigenvalue weighted by Crippen LogP contribution is -2.37. The molecule has 0 aliphatic carbocycles. The highest BCUT2D eigenvalue weighted by Crippen LogP contribution is 2.31. The van der Waals surface area contributed by atoms with Crippen molar-refractivity contribution in [3.8, 4) is 0 Å². The van der Waals surface area contributed by atoms with E-state index in [1.54, 1.807) is 37.3 Å². The second kappa shape index (κ2) is 6.26. The zero-order valence-corrected chi connectivity index (χ0v) is 14.2. The first-order chi connectivity index (χ1) is 10.3. The summed E-state index contributed by atoms with van der Waals surface area (Å²) in [7, 11) is 0.0746. The largest absolute Gasteiger partial charge is 0.383 e. The summed E-state index contributed by atoms with van der Waals surface area (Å²) in [5.74, 6) is -0.0924. The van der Waals surface area contributed by atoms with Gasteiger partial charge in [-0.15, -0.1) is 0 Å². The molecular formula is C15H22N2O4S. The molecule has 2 rings (SSSR count). The summed E-state index contributed by atoms with van der Waals surface area (Å²) in [6, 6.07) is 5.16. The lowest BCUT2D eigenvalue weighted by atomic mass is 10.1. The number of fused-ring (bicyclic) bond motifs is 1. The number of carbonyl (C=O) groups excluding carboxylic acids is 1. The van der Waals surface area contributed by atoms with Gasteiger partial charge in [0.05, 0.1) is 24.6 Å². The zero-order chi connectivity index (χ0) is 16.5. The molecule has 1 aromatic rings. The van der Waals surface area contributed by atoms with Crippen LogP contribution in [0.2, 0.25) is 0 Å². The van der Waals surface area contributed by atoms with Crippen LogP contribution in [-0.4, -0.2) is 58.8 Å². The van der Waals surface area contributed by atoms with Gasteiger partial charge in [0.15, 0.2) is 0 Å². The van der Waals surface area contributed by atoms with Crippen LogP contribution in [0.3, 0.4) is 0 Å². The van der Waals surface area contributed by atoms with Gasteiger partial charge in [-0.05, 0) is 37.1 Å². The van der Waals surface area contributed by atoms with Gasteiger partial charge >= 0.3 is 0 Å². The minimum absolute atomic E-state index is 0.0294. The second-order valence-corrected chi connectivity index (χ2v) is 7.56. The molecule has 0 spiro atoms. The molecule has 0 fully saturated rings. The van der Waals surface area contributed by atoms with E-state index in [0.29, 0.717) is 30.8 Å². The number of hydrogen-bond acceptors (Lipinski definition) is 4. The van der Waals surface area contributed by atoms with Crippen LogP contribution in [0.1, 0.15) is 22.8 Å². The van der Waals surface area contributed by atoms with E-state index in [4.69, 9.17) is 4.74 Å². The molecule has 0 bridgehead atoms. The number of sulfonamides is 1. The summed E-state index contributed by atoms with van der Waals surface area (Å²) in [6.07, 6.45) is 1.82. The summed E-state index contributed by atoms with van der Waals surface area (Å²) in [6.45, 7) is 2.82. The van der Waals surface area contributed by atoms with Crippen molar-refractivity contribution >= 4 is 21.6 Å². The van der Waals surface area contributed by atoms with Gasteiger partial charge in [-0.3, -0.25) is 9.10 Å². The van der Waals surface area contributed by atoms with Crippen molar-refractivity contribution < 1.29 is 17.9 Å². The maximum Gasteiger partial charge on any atom is 0.253 e. The van der Waals surface area contributed by atoms with Crippen LogP contribution in [0.4, 0.5) is 5.69 Å². The maximum atomic E-state index is 12.5. The molecule has 1 heterocycles. The minimum Gasteiger partial charge on any atom is -0.383 e. The van der Waals surface area contributed by atoms with E-state index in [0.717, 1.165) is 5.56 Å². The van der Waals surface area contributed by atoms with E-state index in [9.17, 15) is 13.2 Å². The van der Waals surface area contributed by atoms with Crippen LogP contribution in [0.25, 0.3) is 0 Å². The Kier molecular flexibility index (Phi) is 4.77. The van der Waals surface area contributed by atoms with Gasteiger partial charge in [0.1, 0.15) is 0 Å². The van der Waals surface area contributed by atoms with Gasteiger partial charge in [0, 0.05) is 26.3 Å². The molecule has 122 valence electrons. The van der Waals surface area contributed by atoms with Gasteiger partial charge in [-0.25, -0.2) is 8.42 Å². The number of ether oxygens (including phenoxy) is 1. The lowest BCUT2D eigenvalue weighted by molar-refractivity contribution is 0.0633. The van der Waals surface area contributed by atoms with E-state index < -0.39 is 10.0 Å². The van der Waals surface area contributed by atoms with Gasteiger partial charge in [-0.1, -0.05) is 0 Å². The van der Waals surface area contributed by atoms with Crippen molar-refractivity contribution in [3.63, 3.8) is 0 Å². The number of rotatable bonds is 5. The molecule has 6 nitrogen and oxygen atoms in total. The molecule has 7 heteroatoms. The predicted molar refractivity (Wildman–Crippen MR) is 85.8 cm³/mol. The van der Waals surface area contributed by atoms with Crippen LogP contribution in [-0.2, 0) is 21.2 Å². The normalized spacial score (nSPS) is 15.5. The highest BCUT2D eigenvalue weighted by Gasteiger charge is 2.27. The molecule has 0 radical (unpaired) electrons. The van der Waals surface area contributed by atoms with Crippen molar-refractivity contribution in [2.75, 3.05) is 37.9 Å². The first kappa shape index (κ1) is 16.8. The van der Waals surface area contributed by atoms with Crippen LogP contribution < -0.4 is 4.31 Å². The van der Waals surface area contributed by atoms with Gasteiger partial charge in [0.25, 0.3) is 5.91 Å². The molecule has 1 atom stereocenters. The van der Waals surface area contributed by atoms with Gasteiger partial charge in [0.2, 0.25) is 10.0 Å². The lowest BCUT2D eigenvalue weighted by Gasteiger charge is -2.24. The number of amides is 1. The van der Waals surface area contributed by atoms with Crippen molar-refractivity contribution in [3.05, 3.63) is 29.3 Å². The Hall–Kier alpha value is -1.60. The Balaban J connectivity index is 2.24. The average molecular weight is 326 g/mol. The standard InChI is InChI=1S/C15H22N2O4S/c1-11(10-21-3)16(2)15(18)13-5-6-14-12(9-13)7-8-17(14)22(4,19)20/h5-6,9,11H,7-8,10H2,1-4H3/t11-/m1/s1.